The Morgan fingerprint density at radius 2 is 2.06 bits per heavy atom. The van der Waals surface area contributed by atoms with Crippen molar-refractivity contribution in [1.82, 2.24) is 0 Å². The van der Waals surface area contributed by atoms with Crippen LogP contribution in [0.3, 0.4) is 0 Å². The lowest BCUT2D eigenvalue weighted by molar-refractivity contribution is 0.00519. The molecular weight excluding hydrogens is 244 g/mol. The highest BCUT2D eigenvalue weighted by Gasteiger charge is 2.41. The summed E-state index contributed by atoms with van der Waals surface area (Å²) in [5, 5.41) is 0. The maximum atomic E-state index is 6.36. The van der Waals surface area contributed by atoms with E-state index in [1.165, 1.54) is 18.9 Å². The number of epoxide rings is 1. The van der Waals surface area contributed by atoms with E-state index in [4.69, 9.17) is 13.9 Å². The van der Waals surface area contributed by atoms with Gasteiger partial charge in [0.05, 0.1) is 18.8 Å². The lowest BCUT2D eigenvalue weighted by Gasteiger charge is -2.46. The third kappa shape index (κ3) is 4.33. The Morgan fingerprint density at radius 3 is 2.67 bits per heavy atom. The molecule has 2 aliphatic rings. The monoisotopic (exact) mass is 272 g/mol. The molecule has 0 aliphatic carbocycles. The van der Waals surface area contributed by atoms with E-state index in [1.54, 1.807) is 0 Å². The summed E-state index contributed by atoms with van der Waals surface area (Å²) in [6.07, 6.45) is 4.10. The summed E-state index contributed by atoms with van der Waals surface area (Å²) in [4.78, 5) is 0. The molecule has 0 spiro atoms. The van der Waals surface area contributed by atoms with Crippen LogP contribution in [0.2, 0.25) is 19.1 Å². The number of hydrogen-bond acceptors (Lipinski definition) is 3. The van der Waals surface area contributed by atoms with Crippen LogP contribution in [0.1, 0.15) is 33.1 Å². The van der Waals surface area contributed by atoms with Crippen LogP contribution in [-0.4, -0.2) is 39.8 Å². The first kappa shape index (κ1) is 14.5. The molecule has 0 aromatic carbocycles. The van der Waals surface area contributed by atoms with Crippen molar-refractivity contribution in [1.29, 1.82) is 0 Å². The van der Waals surface area contributed by atoms with Crippen LogP contribution < -0.4 is 0 Å². The summed E-state index contributed by atoms with van der Waals surface area (Å²) < 4.78 is 17.1. The van der Waals surface area contributed by atoms with E-state index in [0.717, 1.165) is 26.2 Å². The van der Waals surface area contributed by atoms with Crippen molar-refractivity contribution < 1.29 is 13.9 Å². The van der Waals surface area contributed by atoms with Crippen molar-refractivity contribution in [3.63, 3.8) is 0 Å². The number of rotatable bonds is 6. The van der Waals surface area contributed by atoms with Crippen LogP contribution in [-0.2, 0) is 13.9 Å². The minimum absolute atomic E-state index is 0.0631. The summed E-state index contributed by atoms with van der Waals surface area (Å²) in [5.74, 6) is 0.693. The summed E-state index contributed by atoms with van der Waals surface area (Å²) in [6.45, 7) is 11.8. The molecule has 0 aromatic rings. The third-order valence-corrected chi connectivity index (χ3v) is 6.74. The van der Waals surface area contributed by atoms with Crippen LogP contribution >= 0.6 is 0 Å². The second-order valence-corrected chi connectivity index (χ2v) is 11.1. The van der Waals surface area contributed by atoms with Gasteiger partial charge in [-0.3, -0.25) is 0 Å². The Balaban J connectivity index is 1.65. The Bertz CT molecular complexity index is 274. The predicted octanol–water partition coefficient (Wildman–Crippen LogP) is 3.20. The Hall–Kier alpha value is 0.0969. The van der Waals surface area contributed by atoms with E-state index in [0.29, 0.717) is 12.0 Å². The van der Waals surface area contributed by atoms with Gasteiger partial charge in [0.2, 0.25) is 0 Å². The van der Waals surface area contributed by atoms with Crippen molar-refractivity contribution in [2.75, 3.05) is 19.8 Å². The summed E-state index contributed by atoms with van der Waals surface area (Å²) >= 11 is 0. The molecule has 2 atom stereocenters. The predicted molar refractivity (Wildman–Crippen MR) is 75.4 cm³/mol. The number of ether oxygens (including phenoxy) is 2. The molecule has 4 heteroatoms. The van der Waals surface area contributed by atoms with Crippen LogP contribution in [0.4, 0.5) is 0 Å². The highest BCUT2D eigenvalue weighted by Crippen LogP contribution is 2.39. The molecule has 0 radical (unpaired) electrons. The molecule has 2 unspecified atom stereocenters. The fourth-order valence-corrected chi connectivity index (χ4v) is 5.76. The molecule has 2 aliphatic heterocycles. The van der Waals surface area contributed by atoms with E-state index < -0.39 is 8.32 Å². The second-order valence-electron chi connectivity index (χ2n) is 6.87. The standard InChI is InChI=1S/C14H28O3Si/c1-14(2)12(7-9-18(3,4)17-14)6-5-8-15-10-13-11-16-13/h12-13H,5-11H2,1-4H3. The van der Waals surface area contributed by atoms with Gasteiger partial charge in [0.25, 0.3) is 0 Å². The van der Waals surface area contributed by atoms with Crippen molar-refractivity contribution >= 4 is 8.32 Å². The van der Waals surface area contributed by atoms with Crippen molar-refractivity contribution in [3.05, 3.63) is 0 Å². The highest BCUT2D eigenvalue weighted by atomic mass is 28.4. The van der Waals surface area contributed by atoms with E-state index in [-0.39, 0.29) is 5.60 Å². The number of hydrogen-bond donors (Lipinski definition) is 0. The molecule has 106 valence electrons. The minimum Gasteiger partial charge on any atom is -0.412 e. The lowest BCUT2D eigenvalue weighted by Crippen LogP contribution is -2.50. The second kappa shape index (κ2) is 5.61. The summed E-state index contributed by atoms with van der Waals surface area (Å²) in [5.41, 5.74) is 0.0631. The smallest absolute Gasteiger partial charge is 0.187 e. The normalized spacial score (nSPS) is 33.3. The molecule has 0 amide bonds. The van der Waals surface area contributed by atoms with Gasteiger partial charge in [-0.25, -0.2) is 0 Å². The Labute approximate surface area is 112 Å². The Kier molecular flexibility index (Phi) is 4.52. The molecule has 2 heterocycles. The molecule has 0 saturated carbocycles. The molecule has 3 nitrogen and oxygen atoms in total. The maximum absolute atomic E-state index is 6.36. The van der Waals surface area contributed by atoms with E-state index in [2.05, 4.69) is 26.9 Å². The summed E-state index contributed by atoms with van der Waals surface area (Å²) in [7, 11) is -1.38. The van der Waals surface area contributed by atoms with Crippen LogP contribution in [0.15, 0.2) is 0 Å². The van der Waals surface area contributed by atoms with Gasteiger partial charge in [-0.1, -0.05) is 0 Å². The fraction of sp³-hybridized carbons (Fsp3) is 1.00. The van der Waals surface area contributed by atoms with Crippen LogP contribution in [0.5, 0.6) is 0 Å². The maximum Gasteiger partial charge on any atom is 0.187 e. The molecule has 18 heavy (non-hydrogen) atoms. The fourth-order valence-electron chi connectivity index (χ4n) is 3.02. The zero-order valence-corrected chi connectivity index (χ0v) is 13.3. The van der Waals surface area contributed by atoms with E-state index in [1.807, 2.05) is 0 Å². The van der Waals surface area contributed by atoms with Gasteiger partial charge in [-0.2, -0.15) is 0 Å². The first-order chi connectivity index (χ1) is 8.39. The first-order valence-electron chi connectivity index (χ1n) is 7.29. The SMILES string of the molecule is CC1(C)O[Si](C)(C)CCC1CCCOCC1CO1. The Morgan fingerprint density at radius 1 is 1.33 bits per heavy atom. The first-order valence-corrected chi connectivity index (χ1v) is 10.4. The average molecular weight is 272 g/mol. The molecule has 0 bridgehead atoms. The van der Waals surface area contributed by atoms with Crippen molar-refractivity contribution in [2.45, 2.75) is 64.0 Å². The third-order valence-electron chi connectivity index (χ3n) is 4.16. The molecule has 2 fully saturated rings. The quantitative estimate of drug-likeness (QED) is 0.423. The van der Waals surface area contributed by atoms with Crippen LogP contribution in [0.25, 0.3) is 0 Å². The zero-order valence-electron chi connectivity index (χ0n) is 12.3. The molecule has 2 rings (SSSR count). The molecule has 2 saturated heterocycles. The van der Waals surface area contributed by atoms with E-state index >= 15 is 0 Å². The van der Waals surface area contributed by atoms with Crippen molar-refractivity contribution in [3.8, 4) is 0 Å². The highest BCUT2D eigenvalue weighted by molar-refractivity contribution is 6.71. The van der Waals surface area contributed by atoms with Crippen LogP contribution in [0, 0.1) is 5.92 Å². The largest absolute Gasteiger partial charge is 0.412 e. The van der Waals surface area contributed by atoms with Gasteiger partial charge in [0.1, 0.15) is 6.10 Å². The van der Waals surface area contributed by atoms with Gasteiger partial charge >= 0.3 is 0 Å². The minimum atomic E-state index is -1.38. The summed E-state index contributed by atoms with van der Waals surface area (Å²) in [6, 6.07) is 1.30. The average Bonchev–Trinajstić information content (AvgIpc) is 3.02. The lowest BCUT2D eigenvalue weighted by atomic mass is 9.85. The molecule has 0 N–H and O–H groups in total. The van der Waals surface area contributed by atoms with Gasteiger partial charge < -0.3 is 13.9 Å². The van der Waals surface area contributed by atoms with Gasteiger partial charge in [0, 0.05) is 6.61 Å². The molecule has 0 aromatic heterocycles. The topological polar surface area (TPSA) is 31.0 Å². The van der Waals surface area contributed by atoms with Gasteiger partial charge in [-0.15, -0.1) is 0 Å². The van der Waals surface area contributed by atoms with Crippen molar-refractivity contribution in [2.24, 2.45) is 5.92 Å². The zero-order chi connectivity index (χ0) is 13.2. The van der Waals surface area contributed by atoms with Gasteiger partial charge in [0.15, 0.2) is 8.32 Å². The molecular formula is C14H28O3Si. The van der Waals surface area contributed by atoms with E-state index in [9.17, 15) is 0 Å². The van der Waals surface area contributed by atoms with Gasteiger partial charge in [-0.05, 0) is 58.2 Å².